The van der Waals surface area contributed by atoms with Gasteiger partial charge < -0.3 is 19.9 Å². The smallest absolute Gasteiger partial charge is 0.161 e. The summed E-state index contributed by atoms with van der Waals surface area (Å²) in [6, 6.07) is 17.0. The normalized spacial score (nSPS) is 22.6. The summed E-state index contributed by atoms with van der Waals surface area (Å²) in [4.78, 5) is 2.44. The molecule has 2 aromatic rings. The van der Waals surface area contributed by atoms with Crippen molar-refractivity contribution in [1.29, 1.82) is 0 Å². The van der Waals surface area contributed by atoms with E-state index < -0.39 is 0 Å². The number of fused-ring (bicyclic) bond motifs is 1. The third kappa shape index (κ3) is 4.61. The fourth-order valence-electron chi connectivity index (χ4n) is 3.99. The molecule has 0 saturated carbocycles. The Balaban J connectivity index is 1.31. The van der Waals surface area contributed by atoms with Gasteiger partial charge in [0.25, 0.3) is 0 Å². The summed E-state index contributed by atoms with van der Waals surface area (Å²) in [5, 5.41) is 13.5. The minimum Gasteiger partial charge on any atom is -0.486 e. The number of hydrogen-bond acceptors (Lipinski definition) is 5. The van der Waals surface area contributed by atoms with Gasteiger partial charge in [-0.2, -0.15) is 0 Å². The maximum Gasteiger partial charge on any atom is 0.161 e. The number of aliphatic hydroxyl groups excluding tert-OH is 1. The van der Waals surface area contributed by atoms with Gasteiger partial charge in [0.1, 0.15) is 13.2 Å². The van der Waals surface area contributed by atoms with E-state index in [4.69, 9.17) is 9.47 Å². The fourth-order valence-corrected chi connectivity index (χ4v) is 3.99. The van der Waals surface area contributed by atoms with E-state index in [1.165, 1.54) is 11.1 Å². The summed E-state index contributed by atoms with van der Waals surface area (Å²) in [5.41, 5.74) is 2.51. The summed E-state index contributed by atoms with van der Waals surface area (Å²) in [5.74, 6) is 1.91. The molecule has 2 aliphatic heterocycles. The molecule has 1 saturated heterocycles. The average molecular weight is 368 g/mol. The van der Waals surface area contributed by atoms with Gasteiger partial charge in [-0.3, -0.25) is 4.90 Å². The van der Waals surface area contributed by atoms with E-state index >= 15 is 0 Å². The third-order valence-corrected chi connectivity index (χ3v) is 5.48. The van der Waals surface area contributed by atoms with Crippen molar-refractivity contribution in [3.8, 4) is 11.5 Å². The molecule has 0 aromatic heterocycles. The van der Waals surface area contributed by atoms with Crippen molar-refractivity contribution in [2.75, 3.05) is 32.9 Å². The first-order valence-corrected chi connectivity index (χ1v) is 9.81. The van der Waals surface area contributed by atoms with E-state index in [1.807, 2.05) is 12.1 Å². The first-order valence-electron chi connectivity index (χ1n) is 9.81. The van der Waals surface area contributed by atoms with Gasteiger partial charge >= 0.3 is 0 Å². The van der Waals surface area contributed by atoms with Crippen LogP contribution in [0.5, 0.6) is 11.5 Å². The molecule has 0 unspecified atom stereocenters. The molecule has 2 aliphatic rings. The molecular formula is C22H28N2O3. The zero-order chi connectivity index (χ0) is 18.5. The Labute approximate surface area is 160 Å². The molecule has 2 N–H and O–H groups in total. The average Bonchev–Trinajstić information content (AvgIpc) is 2.73. The molecule has 27 heavy (non-hydrogen) atoms. The molecule has 5 nitrogen and oxygen atoms in total. The maximum atomic E-state index is 9.90. The lowest BCUT2D eigenvalue weighted by atomic mass is 9.92. The summed E-state index contributed by atoms with van der Waals surface area (Å²) >= 11 is 0. The number of aliphatic hydroxyl groups is 1. The molecule has 0 aliphatic carbocycles. The molecule has 4 rings (SSSR count). The van der Waals surface area contributed by atoms with E-state index in [0.29, 0.717) is 19.3 Å². The highest BCUT2D eigenvalue weighted by atomic mass is 16.6. The number of nitrogens with zero attached hydrogens (tertiary/aromatic N) is 1. The second kappa shape index (κ2) is 8.74. The van der Waals surface area contributed by atoms with E-state index in [1.54, 1.807) is 0 Å². The molecule has 2 atom stereocenters. The zero-order valence-corrected chi connectivity index (χ0v) is 15.6. The monoisotopic (exact) mass is 368 g/mol. The van der Waals surface area contributed by atoms with Gasteiger partial charge in [0, 0.05) is 38.2 Å². The summed E-state index contributed by atoms with van der Waals surface area (Å²) in [6.07, 6.45) is 1.04. The molecule has 0 spiro atoms. The van der Waals surface area contributed by atoms with Crippen LogP contribution in [-0.4, -0.2) is 49.0 Å². The van der Waals surface area contributed by atoms with Crippen molar-refractivity contribution < 1.29 is 14.6 Å². The number of benzene rings is 2. The first-order chi connectivity index (χ1) is 13.3. The molecule has 5 heteroatoms. The molecule has 144 valence electrons. The first kappa shape index (κ1) is 18.3. The van der Waals surface area contributed by atoms with Gasteiger partial charge in [0.05, 0.1) is 0 Å². The predicted molar refractivity (Wildman–Crippen MR) is 105 cm³/mol. The quantitative estimate of drug-likeness (QED) is 0.820. The Morgan fingerprint density at radius 1 is 1.00 bits per heavy atom. The fraction of sp³-hybridized carbons (Fsp3) is 0.455. The van der Waals surface area contributed by atoms with Crippen LogP contribution in [0, 0.1) is 5.92 Å². The lowest BCUT2D eigenvalue weighted by Crippen LogP contribution is -2.50. The van der Waals surface area contributed by atoms with Crippen molar-refractivity contribution in [2.24, 2.45) is 5.92 Å². The topological polar surface area (TPSA) is 54.0 Å². The predicted octanol–water partition coefficient (Wildman–Crippen LogP) is 2.43. The molecule has 2 heterocycles. The third-order valence-electron chi connectivity index (χ3n) is 5.48. The highest BCUT2D eigenvalue weighted by Gasteiger charge is 2.28. The molecule has 0 amide bonds. The molecule has 1 fully saturated rings. The van der Waals surface area contributed by atoms with Crippen LogP contribution in [0.4, 0.5) is 0 Å². The highest BCUT2D eigenvalue weighted by Crippen LogP contribution is 2.31. The van der Waals surface area contributed by atoms with Gasteiger partial charge in [-0.05, 0) is 36.2 Å². The number of piperidine rings is 1. The van der Waals surface area contributed by atoms with Crippen molar-refractivity contribution in [1.82, 2.24) is 10.2 Å². The second-order valence-electron chi connectivity index (χ2n) is 7.42. The minimum atomic E-state index is 0.212. The minimum absolute atomic E-state index is 0.212. The summed E-state index contributed by atoms with van der Waals surface area (Å²) in [7, 11) is 0. The number of likely N-dealkylation sites (tertiary alicyclic amines) is 1. The van der Waals surface area contributed by atoms with Gasteiger partial charge in [-0.25, -0.2) is 0 Å². The Hall–Kier alpha value is -2.08. The largest absolute Gasteiger partial charge is 0.486 e. The summed E-state index contributed by atoms with van der Waals surface area (Å²) in [6.45, 7) is 5.13. The lowest BCUT2D eigenvalue weighted by Gasteiger charge is -2.38. The van der Waals surface area contributed by atoms with Crippen LogP contribution in [0.25, 0.3) is 0 Å². The van der Waals surface area contributed by atoms with Crippen LogP contribution in [0.15, 0.2) is 48.5 Å². The molecule has 0 radical (unpaired) electrons. The number of rotatable bonds is 6. The number of hydrogen-bond donors (Lipinski definition) is 2. The van der Waals surface area contributed by atoms with Gasteiger partial charge in [0.15, 0.2) is 11.5 Å². The van der Waals surface area contributed by atoms with Crippen molar-refractivity contribution in [2.45, 2.75) is 25.6 Å². The van der Waals surface area contributed by atoms with Crippen LogP contribution in [0.2, 0.25) is 0 Å². The molecular weight excluding hydrogens is 340 g/mol. The van der Waals surface area contributed by atoms with E-state index in [2.05, 4.69) is 46.6 Å². The molecule has 2 aromatic carbocycles. The summed E-state index contributed by atoms with van der Waals surface area (Å²) < 4.78 is 11.3. The van der Waals surface area contributed by atoms with Crippen molar-refractivity contribution in [3.05, 3.63) is 59.7 Å². The van der Waals surface area contributed by atoms with Gasteiger partial charge in [-0.15, -0.1) is 0 Å². The van der Waals surface area contributed by atoms with Gasteiger partial charge in [0.2, 0.25) is 0 Å². The van der Waals surface area contributed by atoms with Crippen LogP contribution < -0.4 is 14.8 Å². The van der Waals surface area contributed by atoms with Crippen molar-refractivity contribution in [3.63, 3.8) is 0 Å². The highest BCUT2D eigenvalue weighted by molar-refractivity contribution is 5.43. The number of nitrogens with one attached hydrogen (secondary N) is 1. The maximum absolute atomic E-state index is 9.90. The van der Waals surface area contributed by atoms with Crippen LogP contribution in [0.3, 0.4) is 0 Å². The lowest BCUT2D eigenvalue weighted by molar-refractivity contribution is 0.0849. The van der Waals surface area contributed by atoms with Crippen molar-refractivity contribution >= 4 is 0 Å². The Morgan fingerprint density at radius 3 is 2.63 bits per heavy atom. The van der Waals surface area contributed by atoms with Gasteiger partial charge in [-0.1, -0.05) is 36.4 Å². The van der Waals surface area contributed by atoms with Crippen LogP contribution in [-0.2, 0) is 13.1 Å². The zero-order valence-electron chi connectivity index (χ0n) is 15.6. The Kier molecular flexibility index (Phi) is 5.92. The molecule has 0 bridgehead atoms. The Bertz CT molecular complexity index is 738. The SMILES string of the molecule is OC[C@H]1CN(Cc2ccccc2)CC[C@H]1NCc1ccc2c(c1)OCCO2. The van der Waals surface area contributed by atoms with E-state index in [-0.39, 0.29) is 12.5 Å². The number of ether oxygens (including phenoxy) is 2. The standard InChI is InChI=1S/C22H28N2O3/c25-16-19-15-24(14-17-4-2-1-3-5-17)9-8-20(19)23-13-18-6-7-21-22(12-18)27-11-10-26-21/h1-7,12,19-20,23,25H,8-11,13-16H2/t19-,20-/m1/s1. The van der Waals surface area contributed by atoms with Crippen LogP contribution >= 0.6 is 0 Å². The van der Waals surface area contributed by atoms with Crippen LogP contribution in [0.1, 0.15) is 17.5 Å². The Morgan fingerprint density at radius 2 is 1.81 bits per heavy atom. The second-order valence-corrected chi connectivity index (χ2v) is 7.42. The van der Waals surface area contributed by atoms with E-state index in [9.17, 15) is 5.11 Å². The van der Waals surface area contributed by atoms with E-state index in [0.717, 1.165) is 44.1 Å².